The minimum atomic E-state index is -3.54. The second-order valence-electron chi connectivity index (χ2n) is 4.94. The third-order valence-electron chi connectivity index (χ3n) is 3.25. The quantitative estimate of drug-likeness (QED) is 0.761. The summed E-state index contributed by atoms with van der Waals surface area (Å²) in [4.78, 5) is 0.322. The molecule has 1 atom stereocenters. The van der Waals surface area contributed by atoms with E-state index in [0.717, 1.165) is 13.0 Å². The lowest BCUT2D eigenvalue weighted by atomic mass is 10.3. The van der Waals surface area contributed by atoms with Gasteiger partial charge >= 0.3 is 0 Å². The summed E-state index contributed by atoms with van der Waals surface area (Å²) in [5, 5.41) is 3.18. The van der Waals surface area contributed by atoms with Gasteiger partial charge in [-0.05, 0) is 25.5 Å². The zero-order valence-corrected chi connectivity index (χ0v) is 14.1. The predicted molar refractivity (Wildman–Crippen MR) is 86.1 cm³/mol. The average molecular weight is 314 g/mol. The fraction of sp³-hybridized carbons (Fsp3) is 0.600. The molecule has 1 aromatic carbocycles. The zero-order valence-electron chi connectivity index (χ0n) is 13.3. The fourth-order valence-electron chi connectivity index (χ4n) is 2.27. The molecule has 0 aliphatic carbocycles. The van der Waals surface area contributed by atoms with Gasteiger partial charge in [0.05, 0.1) is 12.3 Å². The lowest BCUT2D eigenvalue weighted by molar-refractivity contribution is 0.142. The Kier molecular flexibility index (Phi) is 7.14. The van der Waals surface area contributed by atoms with E-state index < -0.39 is 10.0 Å². The minimum Gasteiger partial charge on any atom is -0.384 e. The van der Waals surface area contributed by atoms with Crippen LogP contribution in [0.1, 0.15) is 27.2 Å². The molecule has 120 valence electrons. The van der Waals surface area contributed by atoms with Crippen molar-refractivity contribution in [2.45, 2.75) is 38.1 Å². The van der Waals surface area contributed by atoms with Crippen LogP contribution in [0.5, 0.6) is 0 Å². The van der Waals surface area contributed by atoms with Gasteiger partial charge in [0.25, 0.3) is 0 Å². The third-order valence-corrected chi connectivity index (χ3v) is 5.40. The van der Waals surface area contributed by atoms with E-state index in [2.05, 4.69) is 5.32 Å². The lowest BCUT2D eigenvalue weighted by Gasteiger charge is -2.27. The highest BCUT2D eigenvalue weighted by Crippen LogP contribution is 2.25. The normalized spacial score (nSPS) is 13.4. The highest BCUT2D eigenvalue weighted by atomic mass is 32.2. The van der Waals surface area contributed by atoms with Crippen molar-refractivity contribution in [3.63, 3.8) is 0 Å². The van der Waals surface area contributed by atoms with Crippen LogP contribution >= 0.6 is 0 Å². The summed E-state index contributed by atoms with van der Waals surface area (Å²) in [6.45, 7) is 7.26. The van der Waals surface area contributed by atoms with Gasteiger partial charge < -0.3 is 10.1 Å². The van der Waals surface area contributed by atoms with Crippen LogP contribution in [0.25, 0.3) is 0 Å². The van der Waals surface area contributed by atoms with Crippen molar-refractivity contribution in [2.24, 2.45) is 0 Å². The van der Waals surface area contributed by atoms with Crippen LogP contribution in [0.3, 0.4) is 0 Å². The number of benzene rings is 1. The Morgan fingerprint density at radius 3 is 2.52 bits per heavy atom. The monoisotopic (exact) mass is 314 g/mol. The van der Waals surface area contributed by atoms with Crippen LogP contribution in [0.15, 0.2) is 29.2 Å². The van der Waals surface area contributed by atoms with Crippen molar-refractivity contribution in [2.75, 3.05) is 32.1 Å². The van der Waals surface area contributed by atoms with E-state index in [4.69, 9.17) is 4.74 Å². The SMILES string of the molecule is CCCNc1ccccc1S(=O)(=O)N(CC)C(C)COC. The topological polar surface area (TPSA) is 58.6 Å². The number of para-hydroxylation sites is 1. The Bertz CT molecular complexity index is 531. The maximum atomic E-state index is 12.9. The van der Waals surface area contributed by atoms with Crippen LogP contribution < -0.4 is 5.32 Å². The summed E-state index contributed by atoms with van der Waals surface area (Å²) in [7, 11) is -1.97. The largest absolute Gasteiger partial charge is 0.384 e. The molecule has 6 heteroatoms. The molecule has 0 aromatic heterocycles. The molecule has 0 saturated carbocycles. The second kappa shape index (κ2) is 8.36. The number of anilines is 1. The van der Waals surface area contributed by atoms with E-state index >= 15 is 0 Å². The van der Waals surface area contributed by atoms with Crippen LogP contribution in [-0.4, -0.2) is 45.6 Å². The second-order valence-corrected chi connectivity index (χ2v) is 6.79. The van der Waals surface area contributed by atoms with Gasteiger partial charge in [-0.25, -0.2) is 8.42 Å². The molecule has 0 spiro atoms. The van der Waals surface area contributed by atoms with Crippen molar-refractivity contribution < 1.29 is 13.2 Å². The summed E-state index contributed by atoms with van der Waals surface area (Å²) in [5.74, 6) is 0. The highest BCUT2D eigenvalue weighted by molar-refractivity contribution is 7.89. The van der Waals surface area contributed by atoms with E-state index in [1.165, 1.54) is 4.31 Å². The maximum absolute atomic E-state index is 12.9. The number of hydrogen-bond acceptors (Lipinski definition) is 4. The molecule has 0 amide bonds. The van der Waals surface area contributed by atoms with Gasteiger partial charge in [0.2, 0.25) is 10.0 Å². The third kappa shape index (κ3) is 4.43. The number of methoxy groups -OCH3 is 1. The Morgan fingerprint density at radius 1 is 1.29 bits per heavy atom. The molecular formula is C15H26N2O3S. The molecule has 1 rings (SSSR count). The zero-order chi connectivity index (χ0) is 15.9. The molecular weight excluding hydrogens is 288 g/mol. The molecule has 0 radical (unpaired) electrons. The van der Waals surface area contributed by atoms with Gasteiger partial charge in [-0.2, -0.15) is 4.31 Å². The van der Waals surface area contributed by atoms with E-state index in [0.29, 0.717) is 23.7 Å². The molecule has 0 aliphatic heterocycles. The smallest absolute Gasteiger partial charge is 0.245 e. The molecule has 1 aromatic rings. The Morgan fingerprint density at radius 2 is 1.95 bits per heavy atom. The van der Waals surface area contributed by atoms with Gasteiger partial charge in [0, 0.05) is 26.2 Å². The maximum Gasteiger partial charge on any atom is 0.245 e. The van der Waals surface area contributed by atoms with Gasteiger partial charge in [-0.1, -0.05) is 26.0 Å². The molecule has 21 heavy (non-hydrogen) atoms. The van der Waals surface area contributed by atoms with E-state index in [1.54, 1.807) is 25.3 Å². The van der Waals surface area contributed by atoms with Crippen molar-refractivity contribution >= 4 is 15.7 Å². The van der Waals surface area contributed by atoms with Gasteiger partial charge in [0.15, 0.2) is 0 Å². The summed E-state index contributed by atoms with van der Waals surface area (Å²) in [6.07, 6.45) is 0.936. The number of sulfonamides is 1. The lowest BCUT2D eigenvalue weighted by Crippen LogP contribution is -2.41. The first-order valence-electron chi connectivity index (χ1n) is 7.32. The van der Waals surface area contributed by atoms with E-state index in [9.17, 15) is 8.42 Å². The number of rotatable bonds is 9. The number of likely N-dealkylation sites (N-methyl/N-ethyl adjacent to an activating group) is 1. The Labute approximate surface area is 128 Å². The van der Waals surface area contributed by atoms with Gasteiger partial charge in [0.1, 0.15) is 4.90 Å². The predicted octanol–water partition coefficient (Wildman–Crippen LogP) is 2.55. The van der Waals surface area contributed by atoms with Crippen LogP contribution in [0, 0.1) is 0 Å². The minimum absolute atomic E-state index is 0.204. The molecule has 1 N–H and O–H groups in total. The number of ether oxygens (including phenoxy) is 1. The Balaban J connectivity index is 3.16. The van der Waals surface area contributed by atoms with Crippen LogP contribution in [0.4, 0.5) is 5.69 Å². The summed E-state index contributed by atoms with van der Waals surface area (Å²) in [5.41, 5.74) is 0.655. The van der Waals surface area contributed by atoms with E-state index in [1.807, 2.05) is 26.8 Å². The molecule has 0 saturated heterocycles. The van der Waals surface area contributed by atoms with Crippen molar-refractivity contribution in [3.05, 3.63) is 24.3 Å². The molecule has 0 aliphatic rings. The Hall–Kier alpha value is -1.11. The standard InChI is InChI=1S/C15H26N2O3S/c1-5-11-16-14-9-7-8-10-15(14)21(18,19)17(6-2)13(3)12-20-4/h7-10,13,16H,5-6,11-12H2,1-4H3. The molecule has 0 heterocycles. The van der Waals surface area contributed by atoms with Gasteiger partial charge in [-0.15, -0.1) is 0 Å². The molecule has 1 unspecified atom stereocenters. The number of hydrogen-bond donors (Lipinski definition) is 1. The number of nitrogens with one attached hydrogen (secondary N) is 1. The molecule has 0 fully saturated rings. The van der Waals surface area contributed by atoms with Crippen molar-refractivity contribution in [1.29, 1.82) is 0 Å². The number of nitrogens with zero attached hydrogens (tertiary/aromatic N) is 1. The summed E-state index contributed by atoms with van der Waals surface area (Å²) in [6, 6.07) is 6.83. The first kappa shape index (κ1) is 17.9. The van der Waals surface area contributed by atoms with Crippen molar-refractivity contribution in [1.82, 2.24) is 4.31 Å². The van der Waals surface area contributed by atoms with Gasteiger partial charge in [-0.3, -0.25) is 0 Å². The molecule has 5 nitrogen and oxygen atoms in total. The molecule has 0 bridgehead atoms. The first-order chi connectivity index (χ1) is 9.98. The van der Waals surface area contributed by atoms with Crippen LogP contribution in [0.2, 0.25) is 0 Å². The summed E-state index contributed by atoms with van der Waals surface area (Å²) < 4.78 is 32.4. The fourth-order valence-corrected chi connectivity index (χ4v) is 4.06. The summed E-state index contributed by atoms with van der Waals surface area (Å²) >= 11 is 0. The highest BCUT2D eigenvalue weighted by Gasteiger charge is 2.29. The van der Waals surface area contributed by atoms with Crippen LogP contribution in [-0.2, 0) is 14.8 Å². The average Bonchev–Trinajstić information content (AvgIpc) is 2.46. The van der Waals surface area contributed by atoms with Crippen molar-refractivity contribution in [3.8, 4) is 0 Å². The van der Waals surface area contributed by atoms with E-state index in [-0.39, 0.29) is 6.04 Å². The first-order valence-corrected chi connectivity index (χ1v) is 8.76.